The van der Waals surface area contributed by atoms with Crippen molar-refractivity contribution in [1.29, 1.82) is 0 Å². The van der Waals surface area contributed by atoms with Crippen molar-refractivity contribution in [3.63, 3.8) is 0 Å². The summed E-state index contributed by atoms with van der Waals surface area (Å²) in [7, 11) is 3.26. The summed E-state index contributed by atoms with van der Waals surface area (Å²) in [4.78, 5) is 8.01. The maximum absolute atomic E-state index is 6.06. The van der Waals surface area contributed by atoms with E-state index < -0.39 is 0 Å². The van der Waals surface area contributed by atoms with Crippen molar-refractivity contribution in [3.8, 4) is 11.5 Å². The Bertz CT molecular complexity index is 647. The van der Waals surface area contributed by atoms with Crippen LogP contribution >= 0.6 is 11.6 Å². The summed E-state index contributed by atoms with van der Waals surface area (Å²) in [6, 6.07) is 5.93. The molecule has 0 fully saturated rings. The van der Waals surface area contributed by atoms with Gasteiger partial charge in [0.1, 0.15) is 17.2 Å². The molecule has 1 N–H and O–H groups in total. The molecule has 0 radical (unpaired) electrons. The van der Waals surface area contributed by atoms with Crippen molar-refractivity contribution in [2.24, 2.45) is 0 Å². The highest BCUT2D eigenvalue weighted by molar-refractivity contribution is 6.32. The second kappa shape index (κ2) is 6.83. The van der Waals surface area contributed by atoms with E-state index in [1.165, 1.54) is 6.33 Å². The third-order valence-electron chi connectivity index (χ3n) is 3.53. The highest BCUT2D eigenvalue weighted by Gasteiger charge is 2.22. The lowest BCUT2D eigenvalue weighted by Crippen LogP contribution is -2.28. The fourth-order valence-electron chi connectivity index (χ4n) is 2.11. The molecule has 2 rings (SSSR count). The normalized spacial score (nSPS) is 11.1. The predicted molar refractivity (Wildman–Crippen MR) is 88.1 cm³/mol. The minimum atomic E-state index is -0.145. The summed E-state index contributed by atoms with van der Waals surface area (Å²) in [6.07, 6.45) is 3.04. The summed E-state index contributed by atoms with van der Waals surface area (Å²) < 4.78 is 10.6. The third kappa shape index (κ3) is 3.60. The molecular weight excluding hydrogens is 302 g/mol. The molecule has 0 saturated carbocycles. The van der Waals surface area contributed by atoms with E-state index in [2.05, 4.69) is 29.1 Å². The maximum atomic E-state index is 6.06. The summed E-state index contributed by atoms with van der Waals surface area (Å²) in [5.41, 5.74) is 0.983. The van der Waals surface area contributed by atoms with Crippen molar-refractivity contribution >= 4 is 17.4 Å². The van der Waals surface area contributed by atoms with Gasteiger partial charge in [-0.2, -0.15) is 0 Å². The van der Waals surface area contributed by atoms with Gasteiger partial charge in [0.25, 0.3) is 0 Å². The number of hydrogen-bond acceptors (Lipinski definition) is 5. The van der Waals surface area contributed by atoms with E-state index in [-0.39, 0.29) is 5.41 Å². The maximum Gasteiger partial charge on any atom is 0.161 e. The van der Waals surface area contributed by atoms with Gasteiger partial charge in [-0.05, 0) is 17.7 Å². The number of ether oxygens (including phenoxy) is 2. The summed E-state index contributed by atoms with van der Waals surface area (Å²) in [5.74, 6) is 2.06. The molecule has 118 valence electrons. The van der Waals surface area contributed by atoms with Crippen LogP contribution in [0.1, 0.15) is 19.4 Å². The molecular formula is C16H20ClN3O2. The number of hydrogen-bond donors (Lipinski definition) is 1. The van der Waals surface area contributed by atoms with Gasteiger partial charge in [0, 0.05) is 12.0 Å². The van der Waals surface area contributed by atoms with Gasteiger partial charge in [0.15, 0.2) is 11.5 Å². The van der Waals surface area contributed by atoms with Crippen LogP contribution in [0.5, 0.6) is 11.5 Å². The van der Waals surface area contributed by atoms with E-state index in [0.717, 1.165) is 5.56 Å². The number of halogens is 1. The molecule has 1 aromatic heterocycles. The van der Waals surface area contributed by atoms with E-state index in [1.807, 2.05) is 18.2 Å². The smallest absolute Gasteiger partial charge is 0.161 e. The first-order chi connectivity index (χ1) is 10.5. The van der Waals surface area contributed by atoms with Crippen LogP contribution in [-0.2, 0) is 5.41 Å². The Hall–Kier alpha value is -2.01. The Morgan fingerprint density at radius 2 is 1.91 bits per heavy atom. The standard InChI is InChI=1S/C16H20ClN3O2/c1-16(2,9-19-15-12(17)8-18-10-20-15)11-5-6-13(21-3)14(7-11)22-4/h5-8,10H,9H2,1-4H3,(H,18,19,20). The van der Waals surface area contributed by atoms with Crippen molar-refractivity contribution in [1.82, 2.24) is 9.97 Å². The van der Waals surface area contributed by atoms with Crippen molar-refractivity contribution in [2.75, 3.05) is 26.1 Å². The zero-order chi connectivity index (χ0) is 16.2. The summed E-state index contributed by atoms with van der Waals surface area (Å²) in [5, 5.41) is 3.77. The molecule has 22 heavy (non-hydrogen) atoms. The number of nitrogens with zero attached hydrogens (tertiary/aromatic N) is 2. The molecule has 5 nitrogen and oxygen atoms in total. The lowest BCUT2D eigenvalue weighted by atomic mass is 9.84. The fraction of sp³-hybridized carbons (Fsp3) is 0.375. The van der Waals surface area contributed by atoms with E-state index in [9.17, 15) is 0 Å². The molecule has 1 aromatic carbocycles. The van der Waals surface area contributed by atoms with Gasteiger partial charge < -0.3 is 14.8 Å². The molecule has 0 spiro atoms. The average molecular weight is 322 g/mol. The minimum Gasteiger partial charge on any atom is -0.493 e. The Labute approximate surface area is 135 Å². The first-order valence-corrected chi connectivity index (χ1v) is 7.27. The molecule has 1 heterocycles. The first-order valence-electron chi connectivity index (χ1n) is 6.90. The molecule has 0 atom stereocenters. The van der Waals surface area contributed by atoms with Crippen LogP contribution in [0.2, 0.25) is 5.02 Å². The summed E-state index contributed by atoms with van der Waals surface area (Å²) >= 11 is 6.06. The Balaban J connectivity index is 2.18. The second-order valence-electron chi connectivity index (χ2n) is 5.53. The van der Waals surface area contributed by atoms with Crippen molar-refractivity contribution in [3.05, 3.63) is 41.3 Å². The van der Waals surface area contributed by atoms with Crippen LogP contribution in [0, 0.1) is 0 Å². The van der Waals surface area contributed by atoms with Gasteiger partial charge in [-0.1, -0.05) is 31.5 Å². The van der Waals surface area contributed by atoms with Gasteiger partial charge in [-0.25, -0.2) is 9.97 Å². The number of anilines is 1. The first kappa shape index (κ1) is 16.4. The Morgan fingerprint density at radius 3 is 2.55 bits per heavy atom. The zero-order valence-corrected chi connectivity index (χ0v) is 13.9. The van der Waals surface area contributed by atoms with Crippen LogP contribution in [0.15, 0.2) is 30.7 Å². The van der Waals surface area contributed by atoms with Crippen LogP contribution in [0.25, 0.3) is 0 Å². The molecule has 0 aliphatic carbocycles. The number of nitrogens with one attached hydrogen (secondary N) is 1. The zero-order valence-electron chi connectivity index (χ0n) is 13.2. The number of benzene rings is 1. The van der Waals surface area contributed by atoms with Gasteiger partial charge in [0.05, 0.1) is 20.4 Å². The van der Waals surface area contributed by atoms with Crippen molar-refractivity contribution in [2.45, 2.75) is 19.3 Å². The SMILES string of the molecule is COc1ccc(C(C)(C)CNc2ncncc2Cl)cc1OC. The molecule has 6 heteroatoms. The topological polar surface area (TPSA) is 56.3 Å². The predicted octanol–water partition coefficient (Wildman–Crippen LogP) is 3.54. The number of aromatic nitrogens is 2. The van der Waals surface area contributed by atoms with Gasteiger partial charge in [-0.3, -0.25) is 0 Å². The van der Waals surface area contributed by atoms with E-state index in [1.54, 1.807) is 20.4 Å². The lowest BCUT2D eigenvalue weighted by Gasteiger charge is -2.27. The van der Waals surface area contributed by atoms with Gasteiger partial charge >= 0.3 is 0 Å². The second-order valence-corrected chi connectivity index (χ2v) is 5.93. The number of rotatable bonds is 6. The highest BCUT2D eigenvalue weighted by atomic mass is 35.5. The third-order valence-corrected chi connectivity index (χ3v) is 3.81. The average Bonchev–Trinajstić information content (AvgIpc) is 2.53. The summed E-state index contributed by atoms with van der Waals surface area (Å²) in [6.45, 7) is 4.94. The molecule has 0 amide bonds. The van der Waals surface area contributed by atoms with Gasteiger partial charge in [-0.15, -0.1) is 0 Å². The lowest BCUT2D eigenvalue weighted by molar-refractivity contribution is 0.353. The highest BCUT2D eigenvalue weighted by Crippen LogP contribution is 2.33. The molecule has 0 aliphatic rings. The molecule has 2 aromatic rings. The van der Waals surface area contributed by atoms with E-state index in [0.29, 0.717) is 28.9 Å². The Morgan fingerprint density at radius 1 is 1.18 bits per heavy atom. The van der Waals surface area contributed by atoms with Gasteiger partial charge in [0.2, 0.25) is 0 Å². The fourth-order valence-corrected chi connectivity index (χ4v) is 2.28. The largest absolute Gasteiger partial charge is 0.493 e. The molecule has 0 bridgehead atoms. The van der Waals surface area contributed by atoms with E-state index in [4.69, 9.17) is 21.1 Å². The Kier molecular flexibility index (Phi) is 5.08. The molecule has 0 saturated heterocycles. The van der Waals surface area contributed by atoms with Crippen LogP contribution in [-0.4, -0.2) is 30.7 Å². The minimum absolute atomic E-state index is 0.145. The van der Waals surface area contributed by atoms with Crippen LogP contribution in [0.3, 0.4) is 0 Å². The van der Waals surface area contributed by atoms with Crippen molar-refractivity contribution < 1.29 is 9.47 Å². The molecule has 0 aliphatic heterocycles. The quantitative estimate of drug-likeness (QED) is 0.882. The van der Waals surface area contributed by atoms with Crippen LogP contribution < -0.4 is 14.8 Å². The van der Waals surface area contributed by atoms with E-state index >= 15 is 0 Å². The monoisotopic (exact) mass is 321 g/mol. The number of methoxy groups -OCH3 is 2. The van der Waals surface area contributed by atoms with Crippen LogP contribution in [0.4, 0.5) is 5.82 Å². The molecule has 0 unspecified atom stereocenters.